The summed E-state index contributed by atoms with van der Waals surface area (Å²) in [6.07, 6.45) is 7.18. The lowest BCUT2D eigenvalue weighted by Gasteiger charge is -2.28. The molecule has 0 radical (unpaired) electrons. The van der Waals surface area contributed by atoms with E-state index in [1.165, 1.54) is 24.9 Å². The highest BCUT2D eigenvalue weighted by atomic mass is 16.5. The largest absolute Gasteiger partial charge is 0.489 e. The van der Waals surface area contributed by atoms with E-state index < -0.39 is 0 Å². The lowest BCUT2D eigenvalue weighted by atomic mass is 10.1. The van der Waals surface area contributed by atoms with Crippen LogP contribution >= 0.6 is 0 Å². The first-order valence-electron chi connectivity index (χ1n) is 10.9. The Balaban J connectivity index is 1.26. The number of amides is 1. The Morgan fingerprint density at radius 3 is 2.29 bits per heavy atom. The molecule has 1 N–H and O–H groups in total. The average Bonchev–Trinajstić information content (AvgIpc) is 2.84. The van der Waals surface area contributed by atoms with Gasteiger partial charge in [0.1, 0.15) is 12.4 Å². The minimum Gasteiger partial charge on any atom is -0.489 e. The second-order valence-corrected chi connectivity index (χ2v) is 7.76. The van der Waals surface area contributed by atoms with Crippen LogP contribution in [0.4, 0.5) is 11.4 Å². The lowest BCUT2D eigenvalue weighted by molar-refractivity contribution is -0.111. The van der Waals surface area contributed by atoms with E-state index in [1.807, 2.05) is 66.7 Å². The van der Waals surface area contributed by atoms with Gasteiger partial charge in [-0.15, -0.1) is 0 Å². The highest BCUT2D eigenvalue weighted by Gasteiger charge is 2.10. The smallest absolute Gasteiger partial charge is 0.248 e. The Kier molecular flexibility index (Phi) is 7.01. The molecule has 1 fully saturated rings. The minimum atomic E-state index is -0.143. The fourth-order valence-corrected chi connectivity index (χ4v) is 3.68. The number of carbonyl (C=O) groups excluding carboxylic acids is 1. The molecule has 1 aliphatic heterocycles. The zero-order valence-corrected chi connectivity index (χ0v) is 17.7. The van der Waals surface area contributed by atoms with Crippen molar-refractivity contribution in [2.75, 3.05) is 23.3 Å². The molecule has 3 aromatic carbocycles. The molecule has 1 heterocycles. The number of nitrogens with zero attached hydrogens (tertiary/aromatic N) is 1. The van der Waals surface area contributed by atoms with Crippen LogP contribution < -0.4 is 15.0 Å². The van der Waals surface area contributed by atoms with Gasteiger partial charge in [-0.1, -0.05) is 42.5 Å². The first-order chi connectivity index (χ1) is 15.3. The van der Waals surface area contributed by atoms with Crippen LogP contribution in [0.15, 0.2) is 84.9 Å². The maximum absolute atomic E-state index is 12.3. The van der Waals surface area contributed by atoms with Crippen LogP contribution in [0.3, 0.4) is 0 Å². The third-order valence-corrected chi connectivity index (χ3v) is 5.41. The van der Waals surface area contributed by atoms with E-state index in [2.05, 4.69) is 22.3 Å². The topological polar surface area (TPSA) is 41.6 Å². The fraction of sp³-hybridized carbons (Fsp3) is 0.222. The monoisotopic (exact) mass is 412 g/mol. The second kappa shape index (κ2) is 10.5. The van der Waals surface area contributed by atoms with Gasteiger partial charge in [0.25, 0.3) is 0 Å². The van der Waals surface area contributed by atoms with Crippen LogP contribution in [-0.2, 0) is 11.4 Å². The standard InChI is InChI=1S/C27H28N2O2/c30-27(28-24-12-14-25(15-13-24)29-19-5-2-6-20-29)18-11-22-9-16-26(17-10-22)31-21-23-7-3-1-4-8-23/h1,3-4,7-18H,2,5-6,19-21H2,(H,28,30). The van der Waals surface area contributed by atoms with Gasteiger partial charge >= 0.3 is 0 Å². The van der Waals surface area contributed by atoms with Gasteiger partial charge in [-0.05, 0) is 72.9 Å². The summed E-state index contributed by atoms with van der Waals surface area (Å²) in [5.41, 5.74) is 4.11. The number of ether oxygens (including phenoxy) is 1. The molecule has 0 saturated carbocycles. The van der Waals surface area contributed by atoms with E-state index in [0.29, 0.717) is 6.61 Å². The molecule has 1 saturated heterocycles. The van der Waals surface area contributed by atoms with Crippen molar-refractivity contribution in [3.8, 4) is 5.75 Å². The van der Waals surface area contributed by atoms with Crippen molar-refractivity contribution in [2.45, 2.75) is 25.9 Å². The van der Waals surface area contributed by atoms with Gasteiger partial charge in [-0.3, -0.25) is 4.79 Å². The highest BCUT2D eigenvalue weighted by molar-refractivity contribution is 6.02. The van der Waals surface area contributed by atoms with E-state index in [0.717, 1.165) is 35.7 Å². The number of piperidine rings is 1. The van der Waals surface area contributed by atoms with Crippen molar-refractivity contribution in [3.05, 3.63) is 96.1 Å². The molecule has 0 aliphatic carbocycles. The van der Waals surface area contributed by atoms with E-state index in [9.17, 15) is 4.79 Å². The molecule has 0 atom stereocenters. The summed E-state index contributed by atoms with van der Waals surface area (Å²) in [4.78, 5) is 14.7. The van der Waals surface area contributed by atoms with Crippen LogP contribution in [0, 0.1) is 0 Å². The van der Waals surface area contributed by atoms with Gasteiger partial charge in [0.2, 0.25) is 5.91 Å². The summed E-state index contributed by atoms with van der Waals surface area (Å²) in [7, 11) is 0. The molecular formula is C27H28N2O2. The second-order valence-electron chi connectivity index (χ2n) is 7.76. The molecule has 3 aromatic rings. The summed E-state index contributed by atoms with van der Waals surface area (Å²) in [5, 5.41) is 2.92. The Labute approximate surface area is 184 Å². The third-order valence-electron chi connectivity index (χ3n) is 5.41. The normalized spacial score (nSPS) is 13.9. The molecule has 4 heteroatoms. The van der Waals surface area contributed by atoms with Crippen molar-refractivity contribution < 1.29 is 9.53 Å². The number of carbonyl (C=O) groups is 1. The van der Waals surface area contributed by atoms with Gasteiger partial charge in [0.05, 0.1) is 0 Å². The molecule has 1 amide bonds. The Morgan fingerprint density at radius 2 is 1.58 bits per heavy atom. The van der Waals surface area contributed by atoms with Crippen molar-refractivity contribution in [2.24, 2.45) is 0 Å². The number of benzene rings is 3. The van der Waals surface area contributed by atoms with Crippen LogP contribution in [-0.4, -0.2) is 19.0 Å². The van der Waals surface area contributed by atoms with Crippen LogP contribution in [0.5, 0.6) is 5.75 Å². The van der Waals surface area contributed by atoms with Gasteiger partial charge in [0, 0.05) is 30.5 Å². The first kappa shape index (κ1) is 20.7. The van der Waals surface area contributed by atoms with E-state index in [1.54, 1.807) is 12.2 Å². The lowest BCUT2D eigenvalue weighted by Crippen LogP contribution is -2.29. The zero-order chi connectivity index (χ0) is 21.3. The number of hydrogen-bond donors (Lipinski definition) is 1. The van der Waals surface area contributed by atoms with Crippen molar-refractivity contribution in [3.63, 3.8) is 0 Å². The maximum Gasteiger partial charge on any atom is 0.248 e. The number of hydrogen-bond acceptors (Lipinski definition) is 3. The van der Waals surface area contributed by atoms with E-state index >= 15 is 0 Å². The zero-order valence-electron chi connectivity index (χ0n) is 17.7. The number of anilines is 2. The summed E-state index contributed by atoms with van der Waals surface area (Å²) < 4.78 is 5.80. The summed E-state index contributed by atoms with van der Waals surface area (Å²) in [6.45, 7) is 2.77. The Bertz CT molecular complexity index is 990. The van der Waals surface area contributed by atoms with Crippen LogP contribution in [0.25, 0.3) is 6.08 Å². The summed E-state index contributed by atoms with van der Waals surface area (Å²) in [5.74, 6) is 0.661. The Hall–Kier alpha value is -3.53. The van der Waals surface area contributed by atoms with Gasteiger partial charge in [-0.2, -0.15) is 0 Å². The molecule has 4 nitrogen and oxygen atoms in total. The summed E-state index contributed by atoms with van der Waals surface area (Å²) >= 11 is 0. The quantitative estimate of drug-likeness (QED) is 0.491. The minimum absolute atomic E-state index is 0.143. The predicted octanol–water partition coefficient (Wildman–Crippen LogP) is 5.91. The van der Waals surface area contributed by atoms with Crippen molar-refractivity contribution in [1.82, 2.24) is 0 Å². The predicted molar refractivity (Wildman–Crippen MR) is 127 cm³/mol. The molecule has 0 unspecified atom stereocenters. The number of nitrogens with one attached hydrogen (secondary N) is 1. The Morgan fingerprint density at radius 1 is 0.871 bits per heavy atom. The molecule has 0 aromatic heterocycles. The molecule has 0 spiro atoms. The van der Waals surface area contributed by atoms with Crippen molar-refractivity contribution in [1.29, 1.82) is 0 Å². The van der Waals surface area contributed by atoms with Crippen LogP contribution in [0.1, 0.15) is 30.4 Å². The highest BCUT2D eigenvalue weighted by Crippen LogP contribution is 2.22. The first-order valence-corrected chi connectivity index (χ1v) is 10.9. The molecule has 0 bridgehead atoms. The molecule has 1 aliphatic rings. The maximum atomic E-state index is 12.3. The molecule has 31 heavy (non-hydrogen) atoms. The summed E-state index contributed by atoms with van der Waals surface area (Å²) in [6, 6.07) is 25.9. The van der Waals surface area contributed by atoms with Gasteiger partial charge in [-0.25, -0.2) is 0 Å². The van der Waals surface area contributed by atoms with Crippen molar-refractivity contribution >= 4 is 23.4 Å². The SMILES string of the molecule is O=C(C=Cc1ccc(OCc2ccccc2)cc1)Nc1ccc(N2CCCCC2)cc1. The van der Waals surface area contributed by atoms with Gasteiger partial charge in [0.15, 0.2) is 0 Å². The molecule has 158 valence electrons. The van der Waals surface area contributed by atoms with Gasteiger partial charge < -0.3 is 15.0 Å². The average molecular weight is 413 g/mol. The number of rotatable bonds is 7. The van der Waals surface area contributed by atoms with E-state index in [4.69, 9.17) is 4.74 Å². The molecule has 4 rings (SSSR count). The van der Waals surface area contributed by atoms with Crippen LogP contribution in [0.2, 0.25) is 0 Å². The fourth-order valence-electron chi connectivity index (χ4n) is 3.68. The molecular weight excluding hydrogens is 384 g/mol. The van der Waals surface area contributed by atoms with E-state index in [-0.39, 0.29) is 5.91 Å². The third kappa shape index (κ3) is 6.22.